The number of carbonyl (C=O) groups is 1. The average molecular weight is 330 g/mol. The zero-order valence-electron chi connectivity index (χ0n) is 14.2. The van der Waals surface area contributed by atoms with Crippen LogP contribution in [-0.4, -0.2) is 33.7 Å². The molecule has 2 aliphatic rings. The molecule has 7 nitrogen and oxygen atoms in total. The highest BCUT2D eigenvalue weighted by Gasteiger charge is 2.41. The molecule has 1 saturated heterocycles. The van der Waals surface area contributed by atoms with Gasteiger partial charge < -0.3 is 19.8 Å². The second kappa shape index (κ2) is 5.17. The standard InChI is InChI=1S/C17H22N4O3/c1-4-17(7-8-23-17)21-14(22)11-10(2)24-15-12(11)13(18-9-19-15)20-16(3)5-6-16/h9H,4-8H2,1-3H3,(H,21,22)(H,18,19,20). The topological polar surface area (TPSA) is 89.3 Å². The summed E-state index contributed by atoms with van der Waals surface area (Å²) in [6.07, 6.45) is 5.19. The number of carbonyl (C=O) groups excluding carboxylic acids is 1. The van der Waals surface area contributed by atoms with E-state index >= 15 is 0 Å². The van der Waals surface area contributed by atoms with Crippen LogP contribution in [0.1, 0.15) is 55.6 Å². The molecule has 1 saturated carbocycles. The van der Waals surface area contributed by atoms with Crippen molar-refractivity contribution in [1.82, 2.24) is 15.3 Å². The maximum atomic E-state index is 12.9. The van der Waals surface area contributed by atoms with Crippen LogP contribution in [0.15, 0.2) is 10.7 Å². The third-order valence-corrected chi connectivity index (χ3v) is 5.11. The van der Waals surface area contributed by atoms with Crippen molar-refractivity contribution < 1.29 is 13.9 Å². The number of ether oxygens (including phenoxy) is 1. The van der Waals surface area contributed by atoms with Crippen molar-refractivity contribution in [2.24, 2.45) is 0 Å². The maximum absolute atomic E-state index is 12.9. The van der Waals surface area contributed by atoms with Crippen LogP contribution in [0.4, 0.5) is 5.82 Å². The third kappa shape index (κ3) is 2.43. The minimum Gasteiger partial charge on any atom is -0.442 e. The van der Waals surface area contributed by atoms with Crippen molar-refractivity contribution in [3.05, 3.63) is 17.7 Å². The molecule has 24 heavy (non-hydrogen) atoms. The van der Waals surface area contributed by atoms with E-state index in [2.05, 4.69) is 27.5 Å². The highest BCUT2D eigenvalue weighted by atomic mass is 16.5. The van der Waals surface area contributed by atoms with Gasteiger partial charge in [-0.15, -0.1) is 0 Å². The van der Waals surface area contributed by atoms with Crippen LogP contribution in [-0.2, 0) is 4.74 Å². The summed E-state index contributed by atoms with van der Waals surface area (Å²) < 4.78 is 11.3. The van der Waals surface area contributed by atoms with Crippen LogP contribution in [0.25, 0.3) is 11.1 Å². The van der Waals surface area contributed by atoms with Crippen molar-refractivity contribution in [3.63, 3.8) is 0 Å². The first-order valence-electron chi connectivity index (χ1n) is 8.44. The molecule has 2 aromatic heterocycles. The molecular formula is C17H22N4O3. The van der Waals surface area contributed by atoms with Crippen molar-refractivity contribution >= 4 is 22.8 Å². The van der Waals surface area contributed by atoms with Gasteiger partial charge in [0.15, 0.2) is 0 Å². The van der Waals surface area contributed by atoms with Gasteiger partial charge >= 0.3 is 0 Å². The number of furan rings is 1. The number of amides is 1. The Kier molecular flexibility index (Phi) is 3.32. The quantitative estimate of drug-likeness (QED) is 0.876. The second-order valence-electron chi connectivity index (χ2n) is 7.02. The summed E-state index contributed by atoms with van der Waals surface area (Å²) in [5.41, 5.74) is 0.404. The summed E-state index contributed by atoms with van der Waals surface area (Å²) in [5.74, 6) is 0.992. The number of hydrogen-bond acceptors (Lipinski definition) is 6. The van der Waals surface area contributed by atoms with Crippen molar-refractivity contribution in [3.8, 4) is 0 Å². The highest BCUT2D eigenvalue weighted by Crippen LogP contribution is 2.40. The van der Waals surface area contributed by atoms with Gasteiger partial charge in [-0.25, -0.2) is 9.97 Å². The number of nitrogens with zero attached hydrogens (tertiary/aromatic N) is 2. The Morgan fingerprint density at radius 3 is 2.67 bits per heavy atom. The van der Waals surface area contributed by atoms with Crippen LogP contribution in [0, 0.1) is 6.92 Å². The number of rotatable bonds is 5. The molecule has 128 valence electrons. The molecule has 1 aliphatic heterocycles. The van der Waals surface area contributed by atoms with Crippen LogP contribution in [0.3, 0.4) is 0 Å². The van der Waals surface area contributed by atoms with Crippen molar-refractivity contribution in [1.29, 1.82) is 0 Å². The van der Waals surface area contributed by atoms with E-state index in [0.29, 0.717) is 34.8 Å². The number of anilines is 1. The molecule has 4 rings (SSSR count). The van der Waals surface area contributed by atoms with Gasteiger partial charge in [0, 0.05) is 12.0 Å². The summed E-state index contributed by atoms with van der Waals surface area (Å²) in [7, 11) is 0. The van der Waals surface area contributed by atoms with Crippen molar-refractivity contribution in [2.75, 3.05) is 11.9 Å². The molecule has 2 N–H and O–H groups in total. The summed E-state index contributed by atoms with van der Waals surface area (Å²) in [5, 5.41) is 7.09. The Morgan fingerprint density at radius 2 is 2.08 bits per heavy atom. The monoisotopic (exact) mass is 330 g/mol. The van der Waals surface area contributed by atoms with E-state index in [4.69, 9.17) is 9.15 Å². The second-order valence-corrected chi connectivity index (χ2v) is 7.02. The number of aromatic nitrogens is 2. The molecule has 0 spiro atoms. The van der Waals surface area contributed by atoms with Gasteiger partial charge in [0.1, 0.15) is 23.6 Å². The van der Waals surface area contributed by atoms with E-state index in [0.717, 1.165) is 25.7 Å². The van der Waals surface area contributed by atoms with E-state index in [1.165, 1.54) is 6.33 Å². The fourth-order valence-electron chi connectivity index (χ4n) is 3.09. The molecule has 0 bridgehead atoms. The van der Waals surface area contributed by atoms with Gasteiger partial charge in [-0.2, -0.15) is 0 Å². The first-order chi connectivity index (χ1) is 11.5. The number of hydrogen-bond donors (Lipinski definition) is 2. The lowest BCUT2D eigenvalue weighted by atomic mass is 10.0. The Hall–Kier alpha value is -2.15. The average Bonchev–Trinajstić information content (AvgIpc) is 3.12. The number of aryl methyl sites for hydroxylation is 1. The predicted octanol–water partition coefficient (Wildman–Crippen LogP) is 2.75. The molecule has 1 aliphatic carbocycles. The third-order valence-electron chi connectivity index (χ3n) is 5.11. The Balaban J connectivity index is 1.73. The Labute approximate surface area is 140 Å². The first-order valence-corrected chi connectivity index (χ1v) is 8.44. The fraction of sp³-hybridized carbons (Fsp3) is 0.588. The lowest BCUT2D eigenvalue weighted by Crippen LogP contribution is -2.57. The Morgan fingerprint density at radius 1 is 1.33 bits per heavy atom. The minimum atomic E-state index is -0.557. The first kappa shape index (κ1) is 15.4. The molecule has 0 aromatic carbocycles. The molecule has 2 aromatic rings. The van der Waals surface area contributed by atoms with Gasteiger partial charge in [0.25, 0.3) is 5.91 Å². The summed E-state index contributed by atoms with van der Waals surface area (Å²) >= 11 is 0. The lowest BCUT2D eigenvalue weighted by molar-refractivity contribution is -0.162. The molecule has 3 heterocycles. The molecule has 0 radical (unpaired) electrons. The van der Waals surface area contributed by atoms with Gasteiger partial charge in [0.05, 0.1) is 17.6 Å². The van der Waals surface area contributed by atoms with Crippen molar-refractivity contribution in [2.45, 2.75) is 57.7 Å². The van der Waals surface area contributed by atoms with Crippen LogP contribution >= 0.6 is 0 Å². The minimum absolute atomic E-state index is 0.0436. The molecule has 2 fully saturated rings. The summed E-state index contributed by atoms with van der Waals surface area (Å²) in [6, 6.07) is 0. The fourth-order valence-corrected chi connectivity index (χ4v) is 3.09. The zero-order chi connectivity index (χ0) is 16.9. The normalized spacial score (nSPS) is 24.5. The molecule has 1 atom stereocenters. The molecular weight excluding hydrogens is 308 g/mol. The van der Waals surface area contributed by atoms with Gasteiger partial charge in [0.2, 0.25) is 5.71 Å². The zero-order valence-corrected chi connectivity index (χ0v) is 14.2. The van der Waals surface area contributed by atoms with E-state index in [9.17, 15) is 4.79 Å². The van der Waals surface area contributed by atoms with E-state index < -0.39 is 5.72 Å². The molecule has 1 unspecified atom stereocenters. The summed E-state index contributed by atoms with van der Waals surface area (Å²) in [4.78, 5) is 21.4. The number of fused-ring (bicyclic) bond motifs is 1. The van der Waals surface area contributed by atoms with Gasteiger partial charge in [-0.3, -0.25) is 4.79 Å². The predicted molar refractivity (Wildman–Crippen MR) is 88.9 cm³/mol. The van der Waals surface area contributed by atoms with Gasteiger partial charge in [-0.05, 0) is 33.1 Å². The Bertz CT molecular complexity index is 800. The van der Waals surface area contributed by atoms with E-state index in [1.54, 1.807) is 6.92 Å². The van der Waals surface area contributed by atoms with E-state index in [-0.39, 0.29) is 11.4 Å². The largest absolute Gasteiger partial charge is 0.442 e. The molecule has 7 heteroatoms. The number of nitrogens with one attached hydrogen (secondary N) is 2. The van der Waals surface area contributed by atoms with Gasteiger partial charge in [-0.1, -0.05) is 6.92 Å². The lowest BCUT2D eigenvalue weighted by Gasteiger charge is -2.41. The smallest absolute Gasteiger partial charge is 0.257 e. The maximum Gasteiger partial charge on any atom is 0.257 e. The van der Waals surface area contributed by atoms with Crippen LogP contribution < -0.4 is 10.6 Å². The van der Waals surface area contributed by atoms with Crippen LogP contribution in [0.2, 0.25) is 0 Å². The SMILES string of the molecule is CCC1(NC(=O)c2c(C)oc3ncnc(NC4(C)CC4)c23)CCO1. The van der Waals surface area contributed by atoms with Crippen LogP contribution in [0.5, 0.6) is 0 Å². The highest BCUT2D eigenvalue weighted by molar-refractivity contribution is 6.10. The van der Waals surface area contributed by atoms with E-state index in [1.807, 2.05) is 6.92 Å². The summed E-state index contributed by atoms with van der Waals surface area (Å²) in [6.45, 7) is 6.60. The molecule has 1 amide bonds.